The average molecular weight is 348 g/mol. The minimum absolute atomic E-state index is 0.0740. The molecule has 1 fully saturated rings. The summed E-state index contributed by atoms with van der Waals surface area (Å²) in [5.41, 5.74) is 1.32. The van der Waals surface area contributed by atoms with Crippen LogP contribution >= 0.6 is 15.9 Å². The summed E-state index contributed by atoms with van der Waals surface area (Å²) in [6.07, 6.45) is 2.21. The highest BCUT2D eigenvalue weighted by atomic mass is 79.9. The van der Waals surface area contributed by atoms with E-state index in [1.807, 2.05) is 12.1 Å². The lowest BCUT2D eigenvalue weighted by Gasteiger charge is -2.08. The first-order chi connectivity index (χ1) is 10.1. The number of benzene rings is 1. The van der Waals surface area contributed by atoms with Crippen LogP contribution in [0, 0.1) is 0 Å². The van der Waals surface area contributed by atoms with Crippen LogP contribution in [-0.2, 0) is 11.3 Å². The maximum absolute atomic E-state index is 12.0. The Balaban J connectivity index is 1.70. The van der Waals surface area contributed by atoms with Crippen molar-refractivity contribution in [3.8, 4) is 0 Å². The molecule has 0 spiro atoms. The lowest BCUT2D eigenvalue weighted by atomic mass is 10.3. The highest BCUT2D eigenvalue weighted by molar-refractivity contribution is 9.10. The summed E-state index contributed by atoms with van der Waals surface area (Å²) in [5, 5.41) is 7.02. The van der Waals surface area contributed by atoms with Gasteiger partial charge in [0, 0.05) is 22.1 Å². The van der Waals surface area contributed by atoms with Gasteiger partial charge < -0.3 is 5.32 Å². The predicted octanol–water partition coefficient (Wildman–Crippen LogP) is 2.52. The van der Waals surface area contributed by atoms with Crippen LogP contribution in [0.3, 0.4) is 0 Å². The molecule has 21 heavy (non-hydrogen) atoms. The van der Waals surface area contributed by atoms with E-state index in [4.69, 9.17) is 0 Å². The largest absolute Gasteiger partial charge is 0.324 e. The fourth-order valence-corrected chi connectivity index (χ4v) is 2.31. The topological polar surface area (TPSA) is 64.0 Å². The first-order valence-corrected chi connectivity index (χ1v) is 7.54. The van der Waals surface area contributed by atoms with Crippen LogP contribution in [-0.4, -0.2) is 15.7 Å². The van der Waals surface area contributed by atoms with Crippen LogP contribution < -0.4 is 10.9 Å². The van der Waals surface area contributed by atoms with E-state index in [-0.39, 0.29) is 18.0 Å². The van der Waals surface area contributed by atoms with E-state index in [1.54, 1.807) is 18.2 Å². The number of nitrogens with one attached hydrogen (secondary N) is 1. The monoisotopic (exact) mass is 347 g/mol. The molecule has 1 amide bonds. The van der Waals surface area contributed by atoms with Gasteiger partial charge in [-0.05, 0) is 43.2 Å². The zero-order chi connectivity index (χ0) is 14.8. The van der Waals surface area contributed by atoms with Crippen molar-refractivity contribution in [2.24, 2.45) is 0 Å². The molecule has 1 aromatic heterocycles. The second-order valence-corrected chi connectivity index (χ2v) is 6.00. The molecule has 0 aliphatic heterocycles. The Morgan fingerprint density at radius 3 is 2.62 bits per heavy atom. The Kier molecular flexibility index (Phi) is 3.88. The van der Waals surface area contributed by atoms with E-state index in [0.29, 0.717) is 11.6 Å². The van der Waals surface area contributed by atoms with Gasteiger partial charge in [0.15, 0.2) is 0 Å². The minimum Gasteiger partial charge on any atom is -0.324 e. The molecule has 0 radical (unpaired) electrons. The summed E-state index contributed by atoms with van der Waals surface area (Å²) in [6, 6.07) is 10.5. The maximum atomic E-state index is 12.0. The number of hydrogen-bond acceptors (Lipinski definition) is 3. The van der Waals surface area contributed by atoms with Crippen LogP contribution in [0.2, 0.25) is 0 Å². The van der Waals surface area contributed by atoms with Gasteiger partial charge in [-0.2, -0.15) is 5.10 Å². The zero-order valence-corrected chi connectivity index (χ0v) is 12.8. The molecule has 0 bridgehead atoms. The Hall–Kier alpha value is -1.95. The van der Waals surface area contributed by atoms with Gasteiger partial charge in [-0.3, -0.25) is 9.59 Å². The summed E-state index contributed by atoms with van der Waals surface area (Å²) in [5.74, 6) is 0.186. The summed E-state index contributed by atoms with van der Waals surface area (Å²) in [6.45, 7) is -0.0740. The molecule has 0 saturated heterocycles. The van der Waals surface area contributed by atoms with E-state index < -0.39 is 0 Å². The Labute approximate surface area is 130 Å². The molecule has 0 atom stereocenters. The molecule has 1 N–H and O–H groups in total. The number of carbonyl (C=O) groups excluding carboxylic acids is 1. The second-order valence-electron chi connectivity index (χ2n) is 5.08. The van der Waals surface area contributed by atoms with Crippen molar-refractivity contribution in [1.29, 1.82) is 0 Å². The summed E-state index contributed by atoms with van der Waals surface area (Å²) in [4.78, 5) is 23.8. The molecule has 0 unspecified atom stereocenters. The van der Waals surface area contributed by atoms with Crippen molar-refractivity contribution in [2.75, 3.05) is 5.32 Å². The standard InChI is InChI=1S/C15H14BrN3O2/c16-11-3-5-12(6-4-11)17-14(20)9-19-15(21)8-7-13(18-19)10-1-2-10/h3-8,10H,1-2,9H2,(H,17,20). The number of hydrogen-bond donors (Lipinski definition) is 1. The number of rotatable bonds is 4. The number of halogens is 1. The third-order valence-electron chi connectivity index (χ3n) is 3.30. The molecule has 1 aliphatic carbocycles. The Morgan fingerprint density at radius 1 is 1.24 bits per heavy atom. The minimum atomic E-state index is -0.264. The van der Waals surface area contributed by atoms with Crippen molar-refractivity contribution in [1.82, 2.24) is 9.78 Å². The highest BCUT2D eigenvalue weighted by Crippen LogP contribution is 2.38. The third-order valence-corrected chi connectivity index (χ3v) is 3.83. The first kappa shape index (κ1) is 14.0. The molecule has 6 heteroatoms. The molecule has 1 saturated carbocycles. The lowest BCUT2D eigenvalue weighted by Crippen LogP contribution is -2.29. The van der Waals surface area contributed by atoms with E-state index in [0.717, 1.165) is 23.0 Å². The molecular weight excluding hydrogens is 334 g/mol. The fraction of sp³-hybridized carbons (Fsp3) is 0.267. The van der Waals surface area contributed by atoms with E-state index in [2.05, 4.69) is 26.3 Å². The van der Waals surface area contributed by atoms with Crippen molar-refractivity contribution < 1.29 is 4.79 Å². The molecule has 2 aromatic rings. The number of amides is 1. The molecule has 108 valence electrons. The van der Waals surface area contributed by atoms with Gasteiger partial charge in [0.2, 0.25) is 5.91 Å². The van der Waals surface area contributed by atoms with Crippen LogP contribution in [0.1, 0.15) is 24.5 Å². The number of nitrogens with zero attached hydrogens (tertiary/aromatic N) is 2. The van der Waals surface area contributed by atoms with Crippen LogP contribution in [0.25, 0.3) is 0 Å². The quantitative estimate of drug-likeness (QED) is 0.924. The van der Waals surface area contributed by atoms with Crippen molar-refractivity contribution in [3.63, 3.8) is 0 Å². The summed E-state index contributed by atoms with van der Waals surface area (Å²) < 4.78 is 2.16. The number of carbonyl (C=O) groups is 1. The third kappa shape index (κ3) is 3.58. The van der Waals surface area contributed by atoms with E-state index >= 15 is 0 Å². The average Bonchev–Trinajstić information content (AvgIpc) is 3.28. The van der Waals surface area contributed by atoms with Gasteiger partial charge in [0.1, 0.15) is 6.54 Å². The molecule has 3 rings (SSSR count). The van der Waals surface area contributed by atoms with Crippen molar-refractivity contribution in [3.05, 3.63) is 56.9 Å². The van der Waals surface area contributed by atoms with Crippen molar-refractivity contribution in [2.45, 2.75) is 25.3 Å². The normalized spacial score (nSPS) is 14.0. The molecule has 1 aromatic carbocycles. The molecular formula is C15H14BrN3O2. The van der Waals surface area contributed by atoms with E-state index in [9.17, 15) is 9.59 Å². The van der Waals surface area contributed by atoms with Gasteiger partial charge in [-0.25, -0.2) is 4.68 Å². The maximum Gasteiger partial charge on any atom is 0.267 e. The smallest absolute Gasteiger partial charge is 0.267 e. The van der Waals surface area contributed by atoms with Gasteiger partial charge in [0.05, 0.1) is 5.69 Å². The second kappa shape index (κ2) is 5.81. The van der Waals surface area contributed by atoms with Gasteiger partial charge in [-0.15, -0.1) is 0 Å². The van der Waals surface area contributed by atoms with Gasteiger partial charge >= 0.3 is 0 Å². The number of aromatic nitrogens is 2. The van der Waals surface area contributed by atoms with Crippen molar-refractivity contribution >= 4 is 27.5 Å². The summed E-state index contributed by atoms with van der Waals surface area (Å²) in [7, 11) is 0. The Morgan fingerprint density at radius 2 is 1.95 bits per heavy atom. The highest BCUT2D eigenvalue weighted by Gasteiger charge is 2.25. The molecule has 1 aliphatic rings. The summed E-state index contributed by atoms with van der Waals surface area (Å²) >= 11 is 3.33. The van der Waals surface area contributed by atoms with Crippen LogP contribution in [0.4, 0.5) is 5.69 Å². The van der Waals surface area contributed by atoms with Crippen LogP contribution in [0.15, 0.2) is 45.7 Å². The zero-order valence-electron chi connectivity index (χ0n) is 11.3. The Bertz CT molecular complexity index is 720. The fourth-order valence-electron chi connectivity index (χ4n) is 2.04. The SMILES string of the molecule is O=C(Cn1nc(C2CC2)ccc1=O)Nc1ccc(Br)cc1. The van der Waals surface area contributed by atoms with Gasteiger partial charge in [-0.1, -0.05) is 15.9 Å². The number of anilines is 1. The molecule has 1 heterocycles. The lowest BCUT2D eigenvalue weighted by molar-refractivity contribution is -0.117. The molecule has 5 nitrogen and oxygen atoms in total. The predicted molar refractivity (Wildman–Crippen MR) is 83.2 cm³/mol. The van der Waals surface area contributed by atoms with Crippen LogP contribution in [0.5, 0.6) is 0 Å². The van der Waals surface area contributed by atoms with E-state index in [1.165, 1.54) is 10.7 Å². The first-order valence-electron chi connectivity index (χ1n) is 6.75. The van der Waals surface area contributed by atoms with Gasteiger partial charge in [0.25, 0.3) is 5.56 Å².